The number of aryl methyl sites for hydroxylation is 1. The third-order valence-electron chi connectivity index (χ3n) is 3.11. The zero-order valence-electron chi connectivity index (χ0n) is 10.8. The maximum absolute atomic E-state index is 12.6. The van der Waals surface area contributed by atoms with Gasteiger partial charge in [-0.1, -0.05) is 48.0 Å². The van der Waals surface area contributed by atoms with E-state index in [0.29, 0.717) is 4.90 Å². The molecule has 0 saturated heterocycles. The predicted molar refractivity (Wildman–Crippen MR) is 76.6 cm³/mol. The molecule has 0 heterocycles. The minimum absolute atomic E-state index is 0.0697. The molecule has 4 heteroatoms. The first-order valence-corrected chi connectivity index (χ1v) is 7.66. The van der Waals surface area contributed by atoms with Crippen LogP contribution in [0.25, 0.3) is 0 Å². The Kier molecular flexibility index (Phi) is 4.02. The van der Waals surface area contributed by atoms with Crippen LogP contribution in [0.4, 0.5) is 0 Å². The molecule has 2 N–H and O–H groups in total. The third-order valence-corrected chi connectivity index (χ3v) is 5.25. The zero-order valence-corrected chi connectivity index (χ0v) is 11.6. The van der Waals surface area contributed by atoms with Crippen molar-refractivity contribution in [1.82, 2.24) is 0 Å². The van der Waals surface area contributed by atoms with Gasteiger partial charge in [0.1, 0.15) is 5.25 Å². The summed E-state index contributed by atoms with van der Waals surface area (Å²) in [5.41, 5.74) is 7.51. The molecule has 0 aromatic heterocycles. The van der Waals surface area contributed by atoms with Gasteiger partial charge >= 0.3 is 0 Å². The first kappa shape index (κ1) is 13.8. The molecule has 0 bridgehead atoms. The van der Waals surface area contributed by atoms with Crippen LogP contribution in [0.5, 0.6) is 0 Å². The molecule has 2 aromatic carbocycles. The topological polar surface area (TPSA) is 60.2 Å². The van der Waals surface area contributed by atoms with Gasteiger partial charge < -0.3 is 5.73 Å². The fourth-order valence-corrected chi connectivity index (χ4v) is 3.63. The summed E-state index contributed by atoms with van der Waals surface area (Å²) in [7, 11) is -3.44. The van der Waals surface area contributed by atoms with E-state index in [4.69, 9.17) is 5.73 Å². The monoisotopic (exact) mass is 275 g/mol. The highest BCUT2D eigenvalue weighted by Crippen LogP contribution is 2.28. The molecule has 0 aliphatic heterocycles. The van der Waals surface area contributed by atoms with Crippen LogP contribution in [-0.4, -0.2) is 15.0 Å². The van der Waals surface area contributed by atoms with Gasteiger partial charge in [0.2, 0.25) is 0 Å². The van der Waals surface area contributed by atoms with E-state index in [1.165, 1.54) is 0 Å². The number of benzene rings is 2. The number of rotatable bonds is 4. The first-order chi connectivity index (χ1) is 9.05. The van der Waals surface area contributed by atoms with Crippen molar-refractivity contribution in [2.75, 3.05) is 6.54 Å². The second-order valence-electron chi connectivity index (χ2n) is 4.49. The van der Waals surface area contributed by atoms with Gasteiger partial charge in [-0.3, -0.25) is 0 Å². The summed E-state index contributed by atoms with van der Waals surface area (Å²) >= 11 is 0. The lowest BCUT2D eigenvalue weighted by Gasteiger charge is -2.16. The van der Waals surface area contributed by atoms with Gasteiger partial charge in [0.05, 0.1) is 4.90 Å². The average molecular weight is 275 g/mol. The van der Waals surface area contributed by atoms with Crippen molar-refractivity contribution < 1.29 is 8.42 Å². The highest BCUT2D eigenvalue weighted by molar-refractivity contribution is 7.91. The minimum atomic E-state index is -3.44. The van der Waals surface area contributed by atoms with Crippen molar-refractivity contribution in [2.45, 2.75) is 17.1 Å². The van der Waals surface area contributed by atoms with E-state index in [9.17, 15) is 8.42 Å². The Morgan fingerprint density at radius 1 is 1.00 bits per heavy atom. The number of nitrogens with two attached hydrogens (primary N) is 1. The molecule has 0 aliphatic carbocycles. The van der Waals surface area contributed by atoms with Gasteiger partial charge in [0.15, 0.2) is 9.84 Å². The van der Waals surface area contributed by atoms with Gasteiger partial charge in [0, 0.05) is 6.54 Å². The molecule has 1 atom stereocenters. The molecular weight excluding hydrogens is 258 g/mol. The maximum Gasteiger partial charge on any atom is 0.186 e. The summed E-state index contributed by atoms with van der Waals surface area (Å²) in [6, 6.07) is 15.9. The lowest BCUT2D eigenvalue weighted by Crippen LogP contribution is -2.22. The molecule has 0 spiro atoms. The molecule has 0 unspecified atom stereocenters. The molecular formula is C15H17NO2S. The SMILES string of the molecule is Cc1ccc([C@@H](CN)S(=O)(=O)c2ccccc2)cc1. The van der Waals surface area contributed by atoms with Gasteiger partial charge in [-0.25, -0.2) is 8.42 Å². The van der Waals surface area contributed by atoms with Gasteiger partial charge in [-0.15, -0.1) is 0 Å². The summed E-state index contributed by atoms with van der Waals surface area (Å²) < 4.78 is 25.1. The van der Waals surface area contributed by atoms with Crippen LogP contribution >= 0.6 is 0 Å². The van der Waals surface area contributed by atoms with E-state index in [0.717, 1.165) is 11.1 Å². The standard InChI is InChI=1S/C15H17NO2S/c1-12-7-9-13(10-8-12)15(11-16)19(17,18)14-5-3-2-4-6-14/h2-10,15H,11,16H2,1H3/t15-/m1/s1. The summed E-state index contributed by atoms with van der Waals surface area (Å²) in [6.07, 6.45) is 0. The normalized spacial score (nSPS) is 13.2. The fraction of sp³-hybridized carbons (Fsp3) is 0.200. The van der Waals surface area contributed by atoms with E-state index in [-0.39, 0.29) is 6.54 Å². The zero-order chi connectivity index (χ0) is 13.9. The van der Waals surface area contributed by atoms with E-state index < -0.39 is 15.1 Å². The van der Waals surface area contributed by atoms with Crippen molar-refractivity contribution in [3.05, 3.63) is 65.7 Å². The molecule has 3 nitrogen and oxygen atoms in total. The van der Waals surface area contributed by atoms with Gasteiger partial charge in [-0.2, -0.15) is 0 Å². The number of sulfone groups is 1. The largest absolute Gasteiger partial charge is 0.329 e. The van der Waals surface area contributed by atoms with Crippen molar-refractivity contribution in [3.63, 3.8) is 0 Å². The first-order valence-electron chi connectivity index (χ1n) is 6.11. The highest BCUT2D eigenvalue weighted by Gasteiger charge is 2.27. The second-order valence-corrected chi connectivity index (χ2v) is 6.62. The van der Waals surface area contributed by atoms with Gasteiger partial charge in [0.25, 0.3) is 0 Å². The summed E-state index contributed by atoms with van der Waals surface area (Å²) in [5.74, 6) is 0. The van der Waals surface area contributed by atoms with Gasteiger partial charge in [-0.05, 0) is 24.6 Å². The summed E-state index contributed by atoms with van der Waals surface area (Å²) in [5, 5.41) is -0.699. The van der Waals surface area contributed by atoms with E-state index in [2.05, 4.69) is 0 Å². The number of hydrogen-bond acceptors (Lipinski definition) is 3. The Balaban J connectivity index is 2.45. The Hall–Kier alpha value is -1.65. The second kappa shape index (κ2) is 5.55. The molecule has 0 aliphatic rings. The van der Waals surface area contributed by atoms with Crippen molar-refractivity contribution >= 4 is 9.84 Å². The predicted octanol–water partition coefficient (Wildman–Crippen LogP) is 2.47. The smallest absolute Gasteiger partial charge is 0.186 e. The quantitative estimate of drug-likeness (QED) is 0.932. The van der Waals surface area contributed by atoms with Crippen LogP contribution in [0.2, 0.25) is 0 Å². The lowest BCUT2D eigenvalue weighted by atomic mass is 10.1. The molecule has 2 aromatic rings. The van der Waals surface area contributed by atoms with Crippen LogP contribution in [0, 0.1) is 6.92 Å². The fourth-order valence-electron chi connectivity index (χ4n) is 2.00. The Morgan fingerprint density at radius 2 is 1.58 bits per heavy atom. The summed E-state index contributed by atoms with van der Waals surface area (Å²) in [6.45, 7) is 2.03. The van der Waals surface area contributed by atoms with Crippen LogP contribution in [0.3, 0.4) is 0 Å². The molecule has 2 rings (SSSR count). The van der Waals surface area contributed by atoms with E-state index in [1.54, 1.807) is 30.3 Å². The third kappa shape index (κ3) is 2.85. The number of hydrogen-bond donors (Lipinski definition) is 1. The maximum atomic E-state index is 12.6. The Labute approximate surface area is 114 Å². The van der Waals surface area contributed by atoms with Crippen LogP contribution < -0.4 is 5.73 Å². The van der Waals surface area contributed by atoms with Crippen LogP contribution in [0.1, 0.15) is 16.4 Å². The van der Waals surface area contributed by atoms with Crippen molar-refractivity contribution in [2.24, 2.45) is 5.73 Å². The molecule has 19 heavy (non-hydrogen) atoms. The molecule has 0 amide bonds. The molecule has 100 valence electrons. The molecule has 0 radical (unpaired) electrons. The van der Waals surface area contributed by atoms with Crippen LogP contribution in [0.15, 0.2) is 59.5 Å². The molecule has 0 fully saturated rings. The highest BCUT2D eigenvalue weighted by atomic mass is 32.2. The van der Waals surface area contributed by atoms with Crippen LogP contribution in [-0.2, 0) is 9.84 Å². The lowest BCUT2D eigenvalue weighted by molar-refractivity contribution is 0.582. The van der Waals surface area contributed by atoms with Crippen molar-refractivity contribution in [3.8, 4) is 0 Å². The summed E-state index contributed by atoms with van der Waals surface area (Å²) in [4.78, 5) is 0.311. The average Bonchev–Trinajstić information content (AvgIpc) is 2.42. The van der Waals surface area contributed by atoms with E-state index >= 15 is 0 Å². The Morgan fingerprint density at radius 3 is 2.11 bits per heavy atom. The Bertz CT molecular complexity index is 634. The van der Waals surface area contributed by atoms with E-state index in [1.807, 2.05) is 31.2 Å². The van der Waals surface area contributed by atoms with Crippen molar-refractivity contribution in [1.29, 1.82) is 0 Å². The molecule has 0 saturated carbocycles. The minimum Gasteiger partial charge on any atom is -0.329 e.